The van der Waals surface area contributed by atoms with E-state index in [1.165, 1.54) is 12.1 Å². The Labute approximate surface area is 226 Å². The Morgan fingerprint density at radius 1 is 1.18 bits per heavy atom. The third-order valence-electron chi connectivity index (χ3n) is 8.48. The molecule has 2 amide bonds. The summed E-state index contributed by atoms with van der Waals surface area (Å²) in [5.74, 6) is -1.85. The van der Waals surface area contributed by atoms with Gasteiger partial charge in [-0.2, -0.15) is 0 Å². The van der Waals surface area contributed by atoms with Gasteiger partial charge in [-0.3, -0.25) is 0 Å². The molecule has 7 nitrogen and oxygen atoms in total. The first-order valence-corrected chi connectivity index (χ1v) is 14.2. The maximum atomic E-state index is 14.9. The van der Waals surface area contributed by atoms with Crippen molar-refractivity contribution in [1.82, 2.24) is 15.5 Å². The standard InChI is InChI=1S/C29H47F2N3O4/c1-32-19-23(18-21-11-13-24(38-3)14-12-21)33-28(35)34-16-7-8-22(20-34)29(36,15-4-5-17-37-2)25-9-6-10-26(30)27(25)31/h6,9-10,21-24,32,36H,4-5,7-8,11-20H2,1-3H3,(H,33,35)/t21?,22-,23?,24?,29-/m1/s1. The Morgan fingerprint density at radius 2 is 1.95 bits per heavy atom. The van der Waals surface area contributed by atoms with Crippen LogP contribution in [0, 0.1) is 23.5 Å². The summed E-state index contributed by atoms with van der Waals surface area (Å²) in [6, 6.07) is 3.79. The summed E-state index contributed by atoms with van der Waals surface area (Å²) in [6.07, 6.45) is 8.40. The third kappa shape index (κ3) is 8.10. The van der Waals surface area contributed by atoms with E-state index in [-0.39, 0.29) is 30.6 Å². The van der Waals surface area contributed by atoms with E-state index in [9.17, 15) is 18.7 Å². The summed E-state index contributed by atoms with van der Waals surface area (Å²) < 4.78 is 39.8. The highest BCUT2D eigenvalue weighted by Crippen LogP contribution is 2.41. The first kappa shape index (κ1) is 30.7. The predicted molar refractivity (Wildman–Crippen MR) is 144 cm³/mol. The number of likely N-dealkylation sites (N-methyl/N-ethyl adjacent to an activating group) is 1. The molecule has 2 fully saturated rings. The van der Waals surface area contributed by atoms with Crippen LogP contribution in [0.2, 0.25) is 0 Å². The smallest absolute Gasteiger partial charge is 0.317 e. The van der Waals surface area contributed by atoms with Crippen LogP contribution in [0.15, 0.2) is 18.2 Å². The Balaban J connectivity index is 1.69. The molecular formula is C29H47F2N3O4. The molecule has 0 radical (unpaired) electrons. The normalized spacial score (nSPS) is 24.6. The zero-order valence-corrected chi connectivity index (χ0v) is 23.3. The molecule has 1 aliphatic carbocycles. The van der Waals surface area contributed by atoms with E-state index in [4.69, 9.17) is 9.47 Å². The Morgan fingerprint density at radius 3 is 2.63 bits per heavy atom. The van der Waals surface area contributed by atoms with Crippen molar-refractivity contribution in [1.29, 1.82) is 0 Å². The van der Waals surface area contributed by atoms with Gasteiger partial charge in [0.25, 0.3) is 0 Å². The molecule has 1 unspecified atom stereocenters. The number of unbranched alkanes of at least 4 members (excludes halogenated alkanes) is 1. The van der Waals surface area contributed by atoms with E-state index in [1.54, 1.807) is 19.1 Å². The van der Waals surface area contributed by atoms with Gasteiger partial charge in [0.2, 0.25) is 0 Å². The second kappa shape index (κ2) is 15.1. The SMILES string of the molecule is CNCC(CC1CCC(OC)CC1)NC(=O)N1CCC[C@@H]([C@](O)(CCCCOC)c2cccc(F)c2F)C1. The highest BCUT2D eigenvalue weighted by atomic mass is 19.2. The number of methoxy groups -OCH3 is 2. The van der Waals surface area contributed by atoms with Crippen LogP contribution in [0.3, 0.4) is 0 Å². The van der Waals surface area contributed by atoms with Crippen LogP contribution in [-0.4, -0.2) is 75.7 Å². The molecule has 0 bridgehead atoms. The Bertz CT molecular complexity index is 868. The minimum atomic E-state index is -1.58. The quantitative estimate of drug-likeness (QED) is 0.320. The lowest BCUT2D eigenvalue weighted by Crippen LogP contribution is -2.54. The lowest BCUT2D eigenvalue weighted by molar-refractivity contribution is -0.0591. The van der Waals surface area contributed by atoms with Crippen molar-refractivity contribution in [3.05, 3.63) is 35.4 Å². The monoisotopic (exact) mass is 539 g/mol. The summed E-state index contributed by atoms with van der Waals surface area (Å²) in [4.78, 5) is 15.1. The summed E-state index contributed by atoms with van der Waals surface area (Å²) in [5.41, 5.74) is -1.61. The van der Waals surface area contributed by atoms with E-state index in [1.807, 2.05) is 7.05 Å². The second-order valence-electron chi connectivity index (χ2n) is 11.1. The van der Waals surface area contributed by atoms with Gasteiger partial charge in [-0.25, -0.2) is 13.6 Å². The minimum Gasteiger partial charge on any atom is -0.385 e. The van der Waals surface area contributed by atoms with Gasteiger partial charge in [0, 0.05) is 58.0 Å². The maximum absolute atomic E-state index is 14.9. The zero-order valence-electron chi connectivity index (χ0n) is 23.3. The molecule has 1 heterocycles. The molecule has 38 heavy (non-hydrogen) atoms. The van der Waals surface area contributed by atoms with Gasteiger partial charge in [0.05, 0.1) is 11.7 Å². The molecule has 1 aromatic carbocycles. The second-order valence-corrected chi connectivity index (χ2v) is 11.1. The fourth-order valence-electron chi connectivity index (χ4n) is 6.30. The van der Waals surface area contributed by atoms with E-state index in [2.05, 4.69) is 10.6 Å². The molecule has 3 atom stereocenters. The van der Waals surface area contributed by atoms with Crippen LogP contribution >= 0.6 is 0 Å². The topological polar surface area (TPSA) is 83.1 Å². The molecule has 1 aromatic rings. The molecule has 1 saturated heterocycles. The van der Waals surface area contributed by atoms with Crippen molar-refractivity contribution in [3.8, 4) is 0 Å². The highest BCUT2D eigenvalue weighted by Gasteiger charge is 2.43. The molecule has 1 aliphatic heterocycles. The molecule has 2 aliphatic rings. The number of hydrogen-bond acceptors (Lipinski definition) is 5. The predicted octanol–water partition coefficient (Wildman–Crippen LogP) is 4.57. The van der Waals surface area contributed by atoms with Gasteiger partial charge in [-0.05, 0) is 83.2 Å². The number of hydrogen-bond donors (Lipinski definition) is 3. The maximum Gasteiger partial charge on any atom is 0.317 e. The van der Waals surface area contributed by atoms with E-state index in [0.29, 0.717) is 57.4 Å². The number of aliphatic hydroxyl groups is 1. The minimum absolute atomic E-state index is 0.00874. The number of nitrogens with zero attached hydrogens (tertiary/aromatic N) is 1. The number of urea groups is 1. The number of rotatable bonds is 13. The fourth-order valence-corrected chi connectivity index (χ4v) is 6.30. The Hall–Kier alpha value is -1.81. The molecule has 216 valence electrons. The van der Waals surface area contributed by atoms with Gasteiger partial charge in [0.15, 0.2) is 11.6 Å². The van der Waals surface area contributed by atoms with Gasteiger partial charge in [-0.15, -0.1) is 0 Å². The van der Waals surface area contributed by atoms with Crippen molar-refractivity contribution in [2.45, 2.75) is 82.0 Å². The van der Waals surface area contributed by atoms with Crippen LogP contribution in [0.4, 0.5) is 13.6 Å². The van der Waals surface area contributed by atoms with Crippen molar-refractivity contribution >= 4 is 6.03 Å². The average Bonchev–Trinajstić information content (AvgIpc) is 2.93. The molecule has 3 rings (SSSR count). The average molecular weight is 540 g/mol. The molecular weight excluding hydrogens is 492 g/mol. The van der Waals surface area contributed by atoms with E-state index < -0.39 is 23.2 Å². The number of ether oxygens (including phenoxy) is 2. The summed E-state index contributed by atoms with van der Waals surface area (Å²) in [5, 5.41) is 18.3. The Kier molecular flexibility index (Phi) is 12.2. The number of piperidine rings is 1. The highest BCUT2D eigenvalue weighted by molar-refractivity contribution is 5.74. The van der Waals surface area contributed by atoms with Crippen LogP contribution in [0.1, 0.15) is 69.8 Å². The molecule has 3 N–H and O–H groups in total. The van der Waals surface area contributed by atoms with Crippen molar-refractivity contribution in [2.24, 2.45) is 11.8 Å². The van der Waals surface area contributed by atoms with Crippen LogP contribution in [0.25, 0.3) is 0 Å². The van der Waals surface area contributed by atoms with E-state index >= 15 is 0 Å². The number of halogens is 2. The molecule has 1 saturated carbocycles. The summed E-state index contributed by atoms with van der Waals surface area (Å²) in [7, 11) is 5.27. The van der Waals surface area contributed by atoms with Crippen molar-refractivity contribution < 1.29 is 28.2 Å². The van der Waals surface area contributed by atoms with Gasteiger partial charge in [0.1, 0.15) is 0 Å². The van der Waals surface area contributed by atoms with Crippen LogP contribution < -0.4 is 10.6 Å². The lowest BCUT2D eigenvalue weighted by atomic mass is 9.74. The van der Waals surface area contributed by atoms with E-state index in [0.717, 1.165) is 38.2 Å². The number of benzene rings is 1. The van der Waals surface area contributed by atoms with Crippen molar-refractivity contribution in [2.75, 3.05) is 47.5 Å². The van der Waals surface area contributed by atoms with Gasteiger partial charge >= 0.3 is 6.03 Å². The third-order valence-corrected chi connectivity index (χ3v) is 8.48. The first-order valence-electron chi connectivity index (χ1n) is 14.2. The largest absolute Gasteiger partial charge is 0.385 e. The van der Waals surface area contributed by atoms with Gasteiger partial charge < -0.3 is 30.1 Å². The molecule has 0 aromatic heterocycles. The van der Waals surface area contributed by atoms with Crippen molar-refractivity contribution in [3.63, 3.8) is 0 Å². The molecule has 9 heteroatoms. The fraction of sp³-hybridized carbons (Fsp3) is 0.759. The lowest BCUT2D eigenvalue weighted by Gasteiger charge is -2.43. The number of carbonyl (C=O) groups excluding carboxylic acids is 1. The van der Waals surface area contributed by atoms with Crippen LogP contribution in [-0.2, 0) is 15.1 Å². The summed E-state index contributed by atoms with van der Waals surface area (Å²) in [6.45, 7) is 2.05. The van der Waals surface area contributed by atoms with Crippen LogP contribution in [0.5, 0.6) is 0 Å². The number of nitrogens with one attached hydrogen (secondary N) is 2. The molecule has 0 spiro atoms. The van der Waals surface area contributed by atoms with Gasteiger partial charge in [-0.1, -0.05) is 12.1 Å². The number of likely N-dealkylation sites (tertiary alicyclic amines) is 1. The number of carbonyl (C=O) groups is 1. The zero-order chi connectivity index (χ0) is 27.5. The number of amides is 2. The first-order chi connectivity index (χ1) is 18.3. The summed E-state index contributed by atoms with van der Waals surface area (Å²) >= 11 is 0.